The summed E-state index contributed by atoms with van der Waals surface area (Å²) in [6.07, 6.45) is 0. The van der Waals surface area contributed by atoms with Crippen molar-refractivity contribution in [2.24, 2.45) is 0 Å². The molecule has 0 aromatic heterocycles. The maximum atomic E-state index is 11.9. The van der Waals surface area contributed by atoms with Gasteiger partial charge in [0.25, 0.3) is 0 Å². The second kappa shape index (κ2) is 8.82. The van der Waals surface area contributed by atoms with Crippen LogP contribution in [-0.2, 0) is 0 Å². The van der Waals surface area contributed by atoms with Gasteiger partial charge in [0, 0.05) is 11.8 Å². The van der Waals surface area contributed by atoms with Gasteiger partial charge in [-0.3, -0.25) is 0 Å². The van der Waals surface area contributed by atoms with Gasteiger partial charge in [0.2, 0.25) is 0 Å². The molecule has 2 rings (SSSR count). The largest absolute Gasteiger partial charge is 0.493 e. The summed E-state index contributed by atoms with van der Waals surface area (Å²) in [5, 5.41) is 5.49. The van der Waals surface area contributed by atoms with Crippen molar-refractivity contribution in [3.8, 4) is 17.2 Å². The molecule has 0 bridgehead atoms. The lowest BCUT2D eigenvalue weighted by atomic mass is 10.1. The molecule has 0 fully saturated rings. The maximum Gasteiger partial charge on any atom is 0.319 e. The van der Waals surface area contributed by atoms with Crippen LogP contribution in [0.2, 0.25) is 0 Å². The topological polar surface area (TPSA) is 68.8 Å². The number of carbonyl (C=O) groups is 1. The summed E-state index contributed by atoms with van der Waals surface area (Å²) in [5.41, 5.74) is 2.91. The Labute approximate surface area is 148 Å². The van der Waals surface area contributed by atoms with Gasteiger partial charge in [0.05, 0.1) is 20.8 Å². The zero-order valence-electron chi connectivity index (χ0n) is 15.0. The molecule has 0 aliphatic heterocycles. The minimum Gasteiger partial charge on any atom is -0.493 e. The molecule has 0 unspecified atom stereocenters. The quantitative estimate of drug-likeness (QED) is 0.754. The highest BCUT2D eigenvalue weighted by molar-refractivity contribution is 5.89. The third kappa shape index (κ3) is 5.60. The van der Waals surface area contributed by atoms with Gasteiger partial charge in [-0.25, -0.2) is 4.79 Å². The molecular weight excluding hydrogens is 320 g/mol. The average Bonchev–Trinajstić information content (AvgIpc) is 2.57. The van der Waals surface area contributed by atoms with E-state index in [1.54, 1.807) is 32.4 Å². The Bertz CT molecular complexity index is 711. The zero-order chi connectivity index (χ0) is 18.2. The highest BCUT2D eigenvalue weighted by Crippen LogP contribution is 2.29. The first-order valence-corrected chi connectivity index (χ1v) is 8.00. The van der Waals surface area contributed by atoms with E-state index in [-0.39, 0.29) is 6.03 Å². The van der Waals surface area contributed by atoms with Crippen LogP contribution >= 0.6 is 0 Å². The van der Waals surface area contributed by atoms with Crippen LogP contribution in [0, 0.1) is 13.8 Å². The van der Waals surface area contributed by atoms with Crippen LogP contribution in [-0.4, -0.2) is 33.4 Å². The number of rotatable bonds is 7. The molecule has 134 valence electrons. The average molecular weight is 344 g/mol. The van der Waals surface area contributed by atoms with E-state index in [4.69, 9.17) is 14.2 Å². The number of methoxy groups -OCH3 is 2. The molecule has 0 heterocycles. The van der Waals surface area contributed by atoms with Crippen LogP contribution in [0.15, 0.2) is 36.4 Å². The Morgan fingerprint density at radius 2 is 1.64 bits per heavy atom. The number of carbonyl (C=O) groups excluding carboxylic acids is 1. The molecule has 0 atom stereocenters. The Morgan fingerprint density at radius 3 is 2.28 bits per heavy atom. The fourth-order valence-corrected chi connectivity index (χ4v) is 2.44. The normalized spacial score (nSPS) is 10.1. The zero-order valence-corrected chi connectivity index (χ0v) is 15.0. The molecular formula is C19H24N2O4. The van der Waals surface area contributed by atoms with Gasteiger partial charge >= 0.3 is 6.03 Å². The molecule has 2 amide bonds. The first-order valence-electron chi connectivity index (χ1n) is 8.00. The van der Waals surface area contributed by atoms with E-state index in [2.05, 4.69) is 16.7 Å². The van der Waals surface area contributed by atoms with E-state index >= 15 is 0 Å². The summed E-state index contributed by atoms with van der Waals surface area (Å²) in [6, 6.07) is 10.9. The standard InChI is InChI=1S/C19H24N2O4/c1-13-9-14(2)11-16(10-13)25-8-7-20-19(22)21-15-5-6-17(23-3)18(12-15)24-4/h5-6,9-12H,7-8H2,1-4H3,(H2,20,21,22). The molecule has 2 aromatic rings. The lowest BCUT2D eigenvalue weighted by molar-refractivity contribution is 0.247. The number of aryl methyl sites for hydroxylation is 2. The number of ether oxygens (including phenoxy) is 3. The molecule has 2 aromatic carbocycles. The first kappa shape index (κ1) is 18.4. The highest BCUT2D eigenvalue weighted by atomic mass is 16.5. The number of hydrogen-bond acceptors (Lipinski definition) is 4. The third-order valence-electron chi connectivity index (χ3n) is 3.49. The fourth-order valence-electron chi connectivity index (χ4n) is 2.44. The van der Waals surface area contributed by atoms with Gasteiger partial charge in [-0.1, -0.05) is 6.07 Å². The second-order valence-corrected chi connectivity index (χ2v) is 5.62. The van der Waals surface area contributed by atoms with Crippen molar-refractivity contribution in [2.45, 2.75) is 13.8 Å². The summed E-state index contributed by atoms with van der Waals surface area (Å²) in [7, 11) is 3.11. The first-order chi connectivity index (χ1) is 12.0. The Hall–Kier alpha value is -2.89. The maximum absolute atomic E-state index is 11.9. The Kier molecular flexibility index (Phi) is 6.51. The number of hydrogen-bond donors (Lipinski definition) is 2. The molecule has 0 saturated heterocycles. The predicted molar refractivity (Wildman–Crippen MR) is 98.0 cm³/mol. The van der Waals surface area contributed by atoms with Crippen LogP contribution in [0.4, 0.5) is 10.5 Å². The monoisotopic (exact) mass is 344 g/mol. The molecule has 6 nitrogen and oxygen atoms in total. The molecule has 0 aliphatic rings. The number of nitrogens with one attached hydrogen (secondary N) is 2. The molecule has 0 spiro atoms. The van der Waals surface area contributed by atoms with E-state index in [1.165, 1.54) is 0 Å². The number of benzene rings is 2. The molecule has 2 N–H and O–H groups in total. The van der Waals surface area contributed by atoms with Crippen LogP contribution in [0.3, 0.4) is 0 Å². The van der Waals surface area contributed by atoms with E-state index in [0.29, 0.717) is 30.3 Å². The van der Waals surface area contributed by atoms with Gasteiger partial charge in [-0.15, -0.1) is 0 Å². The van der Waals surface area contributed by atoms with E-state index in [1.807, 2.05) is 26.0 Å². The van der Waals surface area contributed by atoms with Crippen molar-refractivity contribution in [1.82, 2.24) is 5.32 Å². The van der Waals surface area contributed by atoms with Crippen molar-refractivity contribution in [3.05, 3.63) is 47.5 Å². The number of urea groups is 1. The lowest BCUT2D eigenvalue weighted by Gasteiger charge is -2.12. The van der Waals surface area contributed by atoms with Gasteiger partial charge in [-0.05, 0) is 49.2 Å². The number of amides is 2. The summed E-state index contributed by atoms with van der Waals surface area (Å²) in [5.74, 6) is 1.97. The molecule has 25 heavy (non-hydrogen) atoms. The van der Waals surface area contributed by atoms with Crippen molar-refractivity contribution in [3.63, 3.8) is 0 Å². The van der Waals surface area contributed by atoms with Crippen molar-refractivity contribution < 1.29 is 19.0 Å². The fraction of sp³-hybridized carbons (Fsp3) is 0.316. The van der Waals surface area contributed by atoms with Crippen LogP contribution < -0.4 is 24.8 Å². The van der Waals surface area contributed by atoms with E-state index in [0.717, 1.165) is 16.9 Å². The molecule has 6 heteroatoms. The molecule has 0 radical (unpaired) electrons. The Balaban J connectivity index is 1.79. The minimum absolute atomic E-state index is 0.309. The van der Waals surface area contributed by atoms with E-state index < -0.39 is 0 Å². The summed E-state index contributed by atoms with van der Waals surface area (Å²) in [4.78, 5) is 11.9. The van der Waals surface area contributed by atoms with E-state index in [9.17, 15) is 4.79 Å². The van der Waals surface area contributed by atoms with Crippen LogP contribution in [0.25, 0.3) is 0 Å². The SMILES string of the molecule is COc1ccc(NC(=O)NCCOc2cc(C)cc(C)c2)cc1OC. The van der Waals surface area contributed by atoms with Crippen LogP contribution in [0.5, 0.6) is 17.2 Å². The smallest absolute Gasteiger partial charge is 0.319 e. The van der Waals surface area contributed by atoms with Gasteiger partial charge in [0.15, 0.2) is 11.5 Å². The summed E-state index contributed by atoms with van der Waals surface area (Å²) in [6.45, 7) is 4.83. The second-order valence-electron chi connectivity index (χ2n) is 5.62. The lowest BCUT2D eigenvalue weighted by Crippen LogP contribution is -2.32. The molecule has 0 saturated carbocycles. The summed E-state index contributed by atoms with van der Waals surface area (Å²) >= 11 is 0. The highest BCUT2D eigenvalue weighted by Gasteiger charge is 2.07. The Morgan fingerprint density at radius 1 is 0.960 bits per heavy atom. The van der Waals surface area contributed by atoms with Crippen molar-refractivity contribution in [2.75, 3.05) is 32.7 Å². The minimum atomic E-state index is -0.309. The van der Waals surface area contributed by atoms with Crippen molar-refractivity contribution in [1.29, 1.82) is 0 Å². The predicted octanol–water partition coefficient (Wildman–Crippen LogP) is 3.52. The third-order valence-corrected chi connectivity index (χ3v) is 3.49. The molecule has 0 aliphatic carbocycles. The summed E-state index contributed by atoms with van der Waals surface area (Å²) < 4.78 is 16.0. The number of anilines is 1. The van der Waals surface area contributed by atoms with Gasteiger partial charge in [0.1, 0.15) is 12.4 Å². The van der Waals surface area contributed by atoms with Gasteiger partial charge in [-0.2, -0.15) is 0 Å². The van der Waals surface area contributed by atoms with Crippen molar-refractivity contribution >= 4 is 11.7 Å². The van der Waals surface area contributed by atoms with Crippen LogP contribution in [0.1, 0.15) is 11.1 Å². The van der Waals surface area contributed by atoms with Gasteiger partial charge < -0.3 is 24.8 Å².